The molecule has 3 aromatic rings. The molecule has 0 unspecified atom stereocenters. The van der Waals surface area contributed by atoms with Crippen LogP contribution in [0.15, 0.2) is 83.8 Å². The van der Waals surface area contributed by atoms with Gasteiger partial charge in [-0.2, -0.15) is 13.2 Å². The molecule has 1 N–H and O–H groups in total. The molecule has 3 rings (SSSR count). The van der Waals surface area contributed by atoms with Crippen LogP contribution in [0, 0.1) is 6.92 Å². The number of benzene rings is 3. The van der Waals surface area contributed by atoms with Gasteiger partial charge in [0, 0.05) is 12.6 Å². The molecule has 0 heterocycles. The highest BCUT2D eigenvalue weighted by molar-refractivity contribution is 7.92. The Kier molecular flexibility index (Phi) is 10.2. The van der Waals surface area contributed by atoms with Gasteiger partial charge < -0.3 is 10.2 Å². The SMILES string of the molecule is Cc1ccc(S(=O)(=O)N(CC(=O)N(CCc2ccccc2)[C@H](C)C(=O)NC(C)C)c2cccc(C(F)(F)F)c2)cc1. The summed E-state index contributed by atoms with van der Waals surface area (Å²) in [5, 5.41) is 2.76. The number of hydrogen-bond acceptors (Lipinski definition) is 4. The molecule has 11 heteroatoms. The van der Waals surface area contributed by atoms with Crippen molar-refractivity contribution in [2.45, 2.75) is 57.3 Å². The molecule has 0 aromatic heterocycles. The summed E-state index contributed by atoms with van der Waals surface area (Å²) in [6.07, 6.45) is -4.36. The molecular formula is C30H34F3N3O4S. The van der Waals surface area contributed by atoms with Gasteiger partial charge in [-0.1, -0.05) is 54.1 Å². The average Bonchev–Trinajstić information content (AvgIpc) is 2.91. The molecule has 0 radical (unpaired) electrons. The third kappa shape index (κ3) is 8.32. The van der Waals surface area contributed by atoms with E-state index in [1.54, 1.807) is 32.9 Å². The fourth-order valence-electron chi connectivity index (χ4n) is 4.18. The topological polar surface area (TPSA) is 86.8 Å². The van der Waals surface area contributed by atoms with Gasteiger partial charge in [-0.3, -0.25) is 13.9 Å². The number of hydrogen-bond donors (Lipinski definition) is 1. The van der Waals surface area contributed by atoms with Crippen LogP contribution >= 0.6 is 0 Å². The van der Waals surface area contributed by atoms with Gasteiger partial charge in [0.15, 0.2) is 0 Å². The standard InChI is InChI=1S/C30H34F3N3O4S/c1-21(2)34-29(38)23(4)35(18-17-24-9-6-5-7-10-24)28(37)20-36(26-12-8-11-25(19-26)30(31,32)33)41(39,40)27-15-13-22(3)14-16-27/h5-16,19,21,23H,17-18,20H2,1-4H3,(H,34,38)/t23-/m1/s1. The first-order valence-corrected chi connectivity index (χ1v) is 14.5. The van der Waals surface area contributed by atoms with Crippen molar-refractivity contribution in [3.8, 4) is 0 Å². The molecule has 0 saturated carbocycles. The van der Waals surface area contributed by atoms with E-state index in [0.717, 1.165) is 23.3 Å². The van der Waals surface area contributed by atoms with Crippen LogP contribution in [0.1, 0.15) is 37.5 Å². The maximum absolute atomic E-state index is 13.8. The summed E-state index contributed by atoms with van der Waals surface area (Å²) < 4.78 is 68.9. The number of aryl methyl sites for hydroxylation is 1. The predicted molar refractivity (Wildman–Crippen MR) is 152 cm³/mol. The van der Waals surface area contributed by atoms with E-state index >= 15 is 0 Å². The Balaban J connectivity index is 2.04. The number of halogens is 3. The highest BCUT2D eigenvalue weighted by Crippen LogP contribution is 2.33. The van der Waals surface area contributed by atoms with E-state index in [2.05, 4.69) is 5.32 Å². The molecule has 3 aromatic carbocycles. The second kappa shape index (κ2) is 13.2. The largest absolute Gasteiger partial charge is 0.416 e. The molecular weight excluding hydrogens is 555 g/mol. The zero-order valence-electron chi connectivity index (χ0n) is 23.4. The maximum atomic E-state index is 13.8. The summed E-state index contributed by atoms with van der Waals surface area (Å²) in [5.41, 5.74) is 0.291. The number of anilines is 1. The number of rotatable bonds is 11. The van der Waals surface area contributed by atoms with Crippen LogP contribution in [-0.2, 0) is 32.2 Å². The lowest BCUT2D eigenvalue weighted by Crippen LogP contribution is -2.53. The highest BCUT2D eigenvalue weighted by atomic mass is 32.2. The fourth-order valence-corrected chi connectivity index (χ4v) is 5.58. The zero-order valence-corrected chi connectivity index (χ0v) is 24.2. The van der Waals surface area contributed by atoms with Crippen LogP contribution in [0.3, 0.4) is 0 Å². The molecule has 0 aliphatic rings. The van der Waals surface area contributed by atoms with E-state index in [4.69, 9.17) is 0 Å². The lowest BCUT2D eigenvalue weighted by Gasteiger charge is -2.32. The number of alkyl halides is 3. The van der Waals surface area contributed by atoms with E-state index in [1.807, 2.05) is 30.3 Å². The molecule has 2 amide bonds. The molecule has 41 heavy (non-hydrogen) atoms. The summed E-state index contributed by atoms with van der Waals surface area (Å²) in [6.45, 7) is 6.10. The van der Waals surface area contributed by atoms with Crippen LogP contribution in [0.4, 0.5) is 18.9 Å². The third-order valence-electron chi connectivity index (χ3n) is 6.43. The molecule has 220 valence electrons. The van der Waals surface area contributed by atoms with Crippen molar-refractivity contribution in [1.29, 1.82) is 0 Å². The molecule has 7 nitrogen and oxygen atoms in total. The van der Waals surface area contributed by atoms with Crippen LogP contribution in [0.2, 0.25) is 0 Å². The Morgan fingerprint density at radius 3 is 2.12 bits per heavy atom. The Morgan fingerprint density at radius 1 is 0.902 bits per heavy atom. The van der Waals surface area contributed by atoms with Crippen molar-refractivity contribution in [3.63, 3.8) is 0 Å². The van der Waals surface area contributed by atoms with E-state index < -0.39 is 46.2 Å². The second-order valence-electron chi connectivity index (χ2n) is 10.0. The van der Waals surface area contributed by atoms with Gasteiger partial charge in [-0.05, 0) is 70.0 Å². The molecule has 1 atom stereocenters. The van der Waals surface area contributed by atoms with Crippen LogP contribution in [0.5, 0.6) is 0 Å². The molecule has 0 bridgehead atoms. The number of carbonyl (C=O) groups is 2. The second-order valence-corrected chi connectivity index (χ2v) is 11.9. The summed E-state index contributed by atoms with van der Waals surface area (Å²) in [5.74, 6) is -1.17. The first-order valence-electron chi connectivity index (χ1n) is 13.1. The molecule has 0 spiro atoms. The minimum Gasteiger partial charge on any atom is -0.352 e. The zero-order chi connectivity index (χ0) is 30.4. The smallest absolute Gasteiger partial charge is 0.352 e. The monoisotopic (exact) mass is 589 g/mol. The Bertz CT molecular complexity index is 1440. The quantitative estimate of drug-likeness (QED) is 0.334. The van der Waals surface area contributed by atoms with Crippen molar-refractivity contribution < 1.29 is 31.2 Å². The van der Waals surface area contributed by atoms with Crippen LogP contribution in [-0.4, -0.2) is 50.3 Å². The first kappa shape index (κ1) is 31.7. The lowest BCUT2D eigenvalue weighted by atomic mass is 10.1. The number of nitrogens with zero attached hydrogens (tertiary/aromatic N) is 2. The normalized spacial score (nSPS) is 12.6. The lowest BCUT2D eigenvalue weighted by molar-refractivity contribution is -0.139. The molecule has 0 aliphatic carbocycles. The van der Waals surface area contributed by atoms with Gasteiger partial charge in [-0.25, -0.2) is 8.42 Å². The van der Waals surface area contributed by atoms with Crippen molar-refractivity contribution >= 4 is 27.5 Å². The van der Waals surface area contributed by atoms with Gasteiger partial charge >= 0.3 is 6.18 Å². The van der Waals surface area contributed by atoms with E-state index in [-0.39, 0.29) is 23.2 Å². The van der Waals surface area contributed by atoms with Crippen molar-refractivity contribution in [2.24, 2.45) is 0 Å². The number of carbonyl (C=O) groups excluding carboxylic acids is 2. The summed E-state index contributed by atoms with van der Waals surface area (Å²) in [7, 11) is -4.48. The Labute approximate surface area is 239 Å². The van der Waals surface area contributed by atoms with Gasteiger partial charge in [0.25, 0.3) is 10.0 Å². The highest BCUT2D eigenvalue weighted by Gasteiger charge is 2.35. The van der Waals surface area contributed by atoms with Crippen molar-refractivity contribution in [2.75, 3.05) is 17.4 Å². The minimum atomic E-state index is -4.73. The van der Waals surface area contributed by atoms with Gasteiger partial charge in [0.05, 0.1) is 16.1 Å². The maximum Gasteiger partial charge on any atom is 0.416 e. The fraction of sp³-hybridized carbons (Fsp3) is 0.333. The van der Waals surface area contributed by atoms with E-state index in [9.17, 15) is 31.2 Å². The Hall–Kier alpha value is -3.86. The van der Waals surface area contributed by atoms with E-state index in [1.165, 1.54) is 30.0 Å². The summed E-state index contributed by atoms with van der Waals surface area (Å²) in [6, 6.07) is 17.7. The van der Waals surface area contributed by atoms with Crippen molar-refractivity contribution in [3.05, 3.63) is 95.6 Å². The number of nitrogens with one attached hydrogen (secondary N) is 1. The third-order valence-corrected chi connectivity index (χ3v) is 8.22. The number of sulfonamides is 1. The first-order chi connectivity index (χ1) is 19.2. The van der Waals surface area contributed by atoms with Gasteiger partial charge in [0.2, 0.25) is 11.8 Å². The Morgan fingerprint density at radius 2 is 1.54 bits per heavy atom. The number of amides is 2. The molecule has 0 aliphatic heterocycles. The van der Waals surface area contributed by atoms with Crippen LogP contribution < -0.4 is 9.62 Å². The van der Waals surface area contributed by atoms with E-state index in [0.29, 0.717) is 16.8 Å². The molecule has 0 fully saturated rings. The summed E-state index contributed by atoms with van der Waals surface area (Å²) in [4.78, 5) is 27.8. The van der Waals surface area contributed by atoms with Crippen LogP contribution in [0.25, 0.3) is 0 Å². The minimum absolute atomic E-state index is 0.0799. The average molecular weight is 590 g/mol. The summed E-state index contributed by atoms with van der Waals surface area (Å²) >= 11 is 0. The molecule has 0 saturated heterocycles. The predicted octanol–water partition coefficient (Wildman–Crippen LogP) is 5.19. The van der Waals surface area contributed by atoms with Gasteiger partial charge in [0.1, 0.15) is 12.6 Å². The van der Waals surface area contributed by atoms with Gasteiger partial charge in [-0.15, -0.1) is 0 Å². The van der Waals surface area contributed by atoms with Crippen molar-refractivity contribution in [1.82, 2.24) is 10.2 Å².